The summed E-state index contributed by atoms with van der Waals surface area (Å²) in [6, 6.07) is 0. The summed E-state index contributed by atoms with van der Waals surface area (Å²) in [6.45, 7) is 9.63. The summed E-state index contributed by atoms with van der Waals surface area (Å²) in [7, 11) is 0. The van der Waals surface area contributed by atoms with Crippen LogP contribution in [0.15, 0.2) is 11.6 Å². The van der Waals surface area contributed by atoms with Gasteiger partial charge >= 0.3 is 0 Å². The highest BCUT2D eigenvalue weighted by molar-refractivity contribution is 5.20. The normalized spacial score (nSPS) is 31.2. The minimum absolute atomic E-state index is 0.0556. The maximum absolute atomic E-state index is 5.77. The largest absolute Gasteiger partial charge is 0.366 e. The molecule has 0 aromatic carbocycles. The van der Waals surface area contributed by atoms with E-state index in [4.69, 9.17) is 4.74 Å². The highest BCUT2D eigenvalue weighted by Gasteiger charge is 2.37. The fourth-order valence-electron chi connectivity index (χ4n) is 2.01. The third-order valence-electron chi connectivity index (χ3n) is 2.86. The van der Waals surface area contributed by atoms with Crippen LogP contribution in [0.1, 0.15) is 34.1 Å². The molecule has 1 aliphatic rings. The van der Waals surface area contributed by atoms with Crippen LogP contribution in [0.2, 0.25) is 0 Å². The Kier molecular flexibility index (Phi) is 2.38. The van der Waals surface area contributed by atoms with Gasteiger partial charge in [-0.1, -0.05) is 26.8 Å². The van der Waals surface area contributed by atoms with Gasteiger partial charge in [0.25, 0.3) is 0 Å². The molecule has 1 heterocycles. The summed E-state index contributed by atoms with van der Waals surface area (Å²) < 4.78 is 5.77. The predicted octanol–water partition coefficient (Wildman–Crippen LogP) is 2.77. The first-order valence-corrected chi connectivity index (χ1v) is 4.44. The van der Waals surface area contributed by atoms with E-state index in [0.717, 1.165) is 13.0 Å². The van der Waals surface area contributed by atoms with E-state index in [1.807, 2.05) is 0 Å². The molecule has 0 spiro atoms. The smallest absolute Gasteiger partial charge is 0.0914 e. The third kappa shape index (κ3) is 1.22. The van der Waals surface area contributed by atoms with Crippen molar-refractivity contribution in [3.05, 3.63) is 11.6 Å². The zero-order chi connectivity index (χ0) is 8.48. The van der Waals surface area contributed by atoms with Gasteiger partial charge in [-0.2, -0.15) is 0 Å². The average molecular weight is 154 g/mol. The molecule has 11 heavy (non-hydrogen) atoms. The van der Waals surface area contributed by atoms with Crippen LogP contribution < -0.4 is 0 Å². The molecule has 1 rings (SSSR count). The predicted molar refractivity (Wildman–Crippen MR) is 47.6 cm³/mol. The van der Waals surface area contributed by atoms with Gasteiger partial charge in [0.05, 0.1) is 12.2 Å². The zero-order valence-corrected chi connectivity index (χ0v) is 7.98. The first-order valence-electron chi connectivity index (χ1n) is 4.44. The lowest BCUT2D eigenvalue weighted by molar-refractivity contribution is -0.0208. The fraction of sp³-hybridized carbons (Fsp3) is 0.800. The van der Waals surface area contributed by atoms with Crippen LogP contribution in [0.25, 0.3) is 0 Å². The lowest BCUT2D eigenvalue weighted by Crippen LogP contribution is -2.35. The summed E-state index contributed by atoms with van der Waals surface area (Å²) in [5.74, 6) is 0.589. The van der Waals surface area contributed by atoms with Crippen LogP contribution >= 0.6 is 0 Å². The van der Waals surface area contributed by atoms with E-state index < -0.39 is 0 Å². The van der Waals surface area contributed by atoms with E-state index in [-0.39, 0.29) is 5.60 Å². The molecule has 0 saturated carbocycles. The SMILES string of the molecule is CCC1(C(C)C)OCC=C1C. The van der Waals surface area contributed by atoms with Crippen LogP contribution in [0.3, 0.4) is 0 Å². The second kappa shape index (κ2) is 2.98. The van der Waals surface area contributed by atoms with Crippen molar-refractivity contribution in [2.75, 3.05) is 6.61 Å². The fourth-order valence-corrected chi connectivity index (χ4v) is 2.01. The number of hydrogen-bond donors (Lipinski definition) is 0. The van der Waals surface area contributed by atoms with Crippen molar-refractivity contribution in [2.24, 2.45) is 5.92 Å². The molecule has 0 saturated heterocycles. The molecule has 1 nitrogen and oxygen atoms in total. The van der Waals surface area contributed by atoms with Gasteiger partial charge in [-0.3, -0.25) is 0 Å². The van der Waals surface area contributed by atoms with E-state index in [2.05, 4.69) is 33.8 Å². The maximum atomic E-state index is 5.77. The van der Waals surface area contributed by atoms with Gasteiger partial charge in [0.2, 0.25) is 0 Å². The average Bonchev–Trinajstić information content (AvgIpc) is 2.32. The molecule has 0 N–H and O–H groups in total. The molecule has 0 radical (unpaired) electrons. The number of ether oxygens (including phenoxy) is 1. The van der Waals surface area contributed by atoms with Gasteiger partial charge in [-0.25, -0.2) is 0 Å². The van der Waals surface area contributed by atoms with Gasteiger partial charge in [0.15, 0.2) is 0 Å². The standard InChI is InChI=1S/C10H18O/c1-5-10(8(2)3)9(4)6-7-11-10/h6,8H,5,7H2,1-4H3. The molecule has 64 valence electrons. The van der Waals surface area contributed by atoms with Crippen LogP contribution in [0.4, 0.5) is 0 Å². The molecule has 1 unspecified atom stereocenters. The Balaban J connectivity index is 2.84. The second-order valence-corrected chi connectivity index (χ2v) is 3.60. The summed E-state index contributed by atoms with van der Waals surface area (Å²) in [5, 5.41) is 0. The molecule has 0 fully saturated rings. The second-order valence-electron chi connectivity index (χ2n) is 3.60. The van der Waals surface area contributed by atoms with Crippen molar-refractivity contribution in [1.29, 1.82) is 0 Å². The maximum Gasteiger partial charge on any atom is 0.0914 e. The van der Waals surface area contributed by atoms with E-state index >= 15 is 0 Å². The van der Waals surface area contributed by atoms with Gasteiger partial charge in [0, 0.05) is 0 Å². The number of hydrogen-bond acceptors (Lipinski definition) is 1. The Morgan fingerprint density at radius 2 is 2.27 bits per heavy atom. The van der Waals surface area contributed by atoms with Crippen molar-refractivity contribution in [3.8, 4) is 0 Å². The minimum Gasteiger partial charge on any atom is -0.366 e. The lowest BCUT2D eigenvalue weighted by Gasteiger charge is -2.33. The quantitative estimate of drug-likeness (QED) is 0.556. The summed E-state index contributed by atoms with van der Waals surface area (Å²) >= 11 is 0. The van der Waals surface area contributed by atoms with Crippen molar-refractivity contribution in [1.82, 2.24) is 0 Å². The highest BCUT2D eigenvalue weighted by Crippen LogP contribution is 2.36. The summed E-state index contributed by atoms with van der Waals surface area (Å²) in [4.78, 5) is 0. The van der Waals surface area contributed by atoms with Crippen LogP contribution in [0.5, 0.6) is 0 Å². The summed E-state index contributed by atoms with van der Waals surface area (Å²) in [5.41, 5.74) is 1.47. The van der Waals surface area contributed by atoms with Gasteiger partial charge in [-0.15, -0.1) is 0 Å². The lowest BCUT2D eigenvalue weighted by atomic mass is 9.82. The molecule has 0 aliphatic carbocycles. The van der Waals surface area contributed by atoms with Crippen LogP contribution in [0, 0.1) is 5.92 Å². The molecule has 1 heteroatoms. The summed E-state index contributed by atoms with van der Waals surface area (Å²) in [6.07, 6.45) is 3.29. The Bertz CT molecular complexity index is 170. The first kappa shape index (κ1) is 8.79. The minimum atomic E-state index is 0.0556. The molecular formula is C10H18O. The van der Waals surface area contributed by atoms with Crippen molar-refractivity contribution in [2.45, 2.75) is 39.7 Å². The Morgan fingerprint density at radius 3 is 2.45 bits per heavy atom. The Labute approximate surface area is 69.4 Å². The molecule has 0 amide bonds. The Hall–Kier alpha value is -0.300. The molecular weight excluding hydrogens is 136 g/mol. The van der Waals surface area contributed by atoms with Gasteiger partial charge in [0.1, 0.15) is 0 Å². The van der Waals surface area contributed by atoms with Crippen molar-refractivity contribution < 1.29 is 4.74 Å². The van der Waals surface area contributed by atoms with E-state index in [1.54, 1.807) is 0 Å². The highest BCUT2D eigenvalue weighted by atomic mass is 16.5. The van der Waals surface area contributed by atoms with E-state index in [0.29, 0.717) is 5.92 Å². The zero-order valence-electron chi connectivity index (χ0n) is 7.98. The molecule has 0 aromatic heterocycles. The van der Waals surface area contributed by atoms with Crippen LogP contribution in [-0.4, -0.2) is 12.2 Å². The van der Waals surface area contributed by atoms with Crippen molar-refractivity contribution >= 4 is 0 Å². The van der Waals surface area contributed by atoms with Crippen molar-refractivity contribution in [3.63, 3.8) is 0 Å². The molecule has 1 atom stereocenters. The monoisotopic (exact) mass is 154 g/mol. The third-order valence-corrected chi connectivity index (χ3v) is 2.86. The topological polar surface area (TPSA) is 9.23 Å². The van der Waals surface area contributed by atoms with E-state index in [9.17, 15) is 0 Å². The molecule has 1 aliphatic heterocycles. The van der Waals surface area contributed by atoms with Gasteiger partial charge in [-0.05, 0) is 24.8 Å². The number of rotatable bonds is 2. The van der Waals surface area contributed by atoms with Crippen LogP contribution in [-0.2, 0) is 4.74 Å². The van der Waals surface area contributed by atoms with Gasteiger partial charge < -0.3 is 4.74 Å². The first-order chi connectivity index (χ1) is 5.13. The molecule has 0 aromatic rings. The Morgan fingerprint density at radius 1 is 1.64 bits per heavy atom. The molecule has 0 bridgehead atoms. The van der Waals surface area contributed by atoms with E-state index in [1.165, 1.54) is 5.57 Å².